The molecule has 0 saturated heterocycles. The van der Waals surface area contributed by atoms with Gasteiger partial charge in [-0.1, -0.05) is 60.4 Å². The van der Waals surface area contributed by atoms with Gasteiger partial charge in [-0.05, 0) is 31.1 Å². The minimum atomic E-state index is 0.242. The van der Waals surface area contributed by atoms with Gasteiger partial charge in [0.25, 0.3) is 0 Å². The molecule has 1 aliphatic heterocycles. The Morgan fingerprint density at radius 2 is 2.00 bits per heavy atom. The molecule has 152 valence electrons. The van der Waals surface area contributed by atoms with Crippen LogP contribution in [0.1, 0.15) is 48.6 Å². The van der Waals surface area contributed by atoms with Crippen LogP contribution in [0, 0.1) is 0 Å². The molecule has 0 spiro atoms. The predicted molar refractivity (Wildman–Crippen MR) is 123 cm³/mol. The Morgan fingerprint density at radius 1 is 1.17 bits per heavy atom. The van der Waals surface area contributed by atoms with E-state index < -0.39 is 0 Å². The molecule has 0 bridgehead atoms. The fraction of sp³-hybridized carbons (Fsp3) is 0.261. The van der Waals surface area contributed by atoms with Crippen LogP contribution >= 0.6 is 22.9 Å². The third kappa shape index (κ3) is 3.61. The standard InChI is InChI=1S/C23H21ClN4OS/c24-18-14-25-11-10-20(18)27-23-28(16-6-2-1-3-7-16)22(29)21(30-23)12-15-13-26-19-9-5-4-8-17(15)19/h4-5,8-14,16,29H,1-3,6-7H2/b15-12+,27-23?. The van der Waals surface area contributed by atoms with Crippen molar-refractivity contribution in [2.75, 3.05) is 0 Å². The number of aromatic nitrogens is 2. The zero-order valence-electron chi connectivity index (χ0n) is 16.3. The molecule has 0 amide bonds. The van der Waals surface area contributed by atoms with Crippen LogP contribution in [0.2, 0.25) is 5.02 Å². The predicted octanol–water partition coefficient (Wildman–Crippen LogP) is 6.30. The first-order valence-corrected chi connectivity index (χ1v) is 11.3. The number of pyridine rings is 1. The van der Waals surface area contributed by atoms with Crippen LogP contribution in [0.5, 0.6) is 5.88 Å². The van der Waals surface area contributed by atoms with Gasteiger partial charge in [0.1, 0.15) is 0 Å². The van der Waals surface area contributed by atoms with Gasteiger partial charge in [-0.25, -0.2) is 4.99 Å². The second-order valence-corrected chi connectivity index (χ2v) is 8.96. The van der Waals surface area contributed by atoms with E-state index in [0.717, 1.165) is 39.3 Å². The number of fused-ring (bicyclic) bond motifs is 1. The molecule has 1 aliphatic carbocycles. The highest BCUT2D eigenvalue weighted by molar-refractivity contribution is 7.10. The molecule has 0 atom stereocenters. The number of benzene rings is 1. The summed E-state index contributed by atoms with van der Waals surface area (Å²) in [5.74, 6) is 0.265. The molecule has 0 unspecified atom stereocenters. The average Bonchev–Trinajstić information content (AvgIpc) is 3.32. The van der Waals surface area contributed by atoms with Crippen LogP contribution in [-0.4, -0.2) is 20.9 Å². The Kier molecular flexibility index (Phi) is 5.27. The maximum atomic E-state index is 11.2. The van der Waals surface area contributed by atoms with E-state index in [0.29, 0.717) is 10.7 Å². The minimum absolute atomic E-state index is 0.242. The topological polar surface area (TPSA) is 62.8 Å². The van der Waals surface area contributed by atoms with Gasteiger partial charge in [-0.2, -0.15) is 0 Å². The van der Waals surface area contributed by atoms with Crippen molar-refractivity contribution in [1.82, 2.24) is 9.55 Å². The molecule has 1 saturated carbocycles. The van der Waals surface area contributed by atoms with Crippen LogP contribution in [-0.2, 0) is 0 Å². The molecular formula is C23H21ClN4OS. The third-order valence-corrected chi connectivity index (χ3v) is 6.89. The van der Waals surface area contributed by atoms with Crippen LogP contribution < -0.4 is 4.80 Å². The van der Waals surface area contributed by atoms with Crippen molar-refractivity contribution in [2.45, 2.75) is 38.1 Å². The third-order valence-electron chi connectivity index (χ3n) is 5.61. The first-order valence-electron chi connectivity index (χ1n) is 10.1. The molecule has 7 heteroatoms. The smallest absolute Gasteiger partial charge is 0.211 e. The monoisotopic (exact) mass is 436 g/mol. The minimum Gasteiger partial charge on any atom is -0.493 e. The fourth-order valence-corrected chi connectivity index (χ4v) is 5.31. The summed E-state index contributed by atoms with van der Waals surface area (Å²) in [6.07, 6.45) is 12.8. The van der Waals surface area contributed by atoms with E-state index in [1.54, 1.807) is 18.5 Å². The SMILES string of the molecule is Oc1c(/C=C2\C=Nc3ccccc32)sc(=Nc2ccncc2Cl)n1C1CCCCC1. The van der Waals surface area contributed by atoms with Crippen molar-refractivity contribution >= 4 is 52.2 Å². The van der Waals surface area contributed by atoms with Crippen LogP contribution in [0.3, 0.4) is 0 Å². The Balaban J connectivity index is 1.65. The lowest BCUT2D eigenvalue weighted by atomic mass is 9.95. The highest BCUT2D eigenvalue weighted by Crippen LogP contribution is 2.37. The van der Waals surface area contributed by atoms with Gasteiger partial charge in [0.05, 0.1) is 21.3 Å². The normalized spacial score (nSPS) is 18.3. The molecule has 1 fully saturated rings. The van der Waals surface area contributed by atoms with E-state index in [1.807, 2.05) is 35.1 Å². The number of aliphatic imine (C=N–C) groups is 1. The summed E-state index contributed by atoms with van der Waals surface area (Å²) in [5, 5.41) is 11.7. The largest absolute Gasteiger partial charge is 0.493 e. The Morgan fingerprint density at radius 3 is 2.83 bits per heavy atom. The molecule has 5 nitrogen and oxygen atoms in total. The maximum Gasteiger partial charge on any atom is 0.211 e. The highest BCUT2D eigenvalue weighted by Gasteiger charge is 2.23. The van der Waals surface area contributed by atoms with Crippen LogP contribution in [0.25, 0.3) is 11.6 Å². The van der Waals surface area contributed by atoms with Crippen LogP contribution in [0.4, 0.5) is 11.4 Å². The lowest BCUT2D eigenvalue weighted by Gasteiger charge is -2.23. The molecule has 2 aliphatic rings. The zero-order chi connectivity index (χ0) is 20.5. The summed E-state index contributed by atoms with van der Waals surface area (Å²) >= 11 is 7.77. The van der Waals surface area contributed by atoms with Gasteiger partial charge in [-0.15, -0.1) is 0 Å². The molecule has 1 aromatic carbocycles. The number of rotatable bonds is 3. The number of para-hydroxylation sites is 1. The molecule has 5 rings (SSSR count). The van der Waals surface area contributed by atoms with Crippen molar-refractivity contribution in [2.24, 2.45) is 9.98 Å². The number of aromatic hydroxyl groups is 1. The van der Waals surface area contributed by atoms with Gasteiger partial charge >= 0.3 is 0 Å². The van der Waals surface area contributed by atoms with E-state index in [4.69, 9.17) is 16.6 Å². The first kappa shape index (κ1) is 19.3. The molecular weight excluding hydrogens is 416 g/mol. The van der Waals surface area contributed by atoms with Crippen LogP contribution in [0.15, 0.2) is 52.7 Å². The summed E-state index contributed by atoms with van der Waals surface area (Å²) in [6, 6.07) is 10.1. The Hall–Kier alpha value is -2.70. The second-order valence-electron chi connectivity index (χ2n) is 7.55. The van der Waals surface area contributed by atoms with E-state index >= 15 is 0 Å². The van der Waals surface area contributed by atoms with Crippen molar-refractivity contribution in [3.05, 3.63) is 63.0 Å². The maximum absolute atomic E-state index is 11.2. The van der Waals surface area contributed by atoms with E-state index in [1.165, 1.54) is 30.6 Å². The molecule has 2 aromatic heterocycles. The quantitative estimate of drug-likeness (QED) is 0.523. The number of hydrogen-bond acceptors (Lipinski definition) is 5. The van der Waals surface area contributed by atoms with Gasteiger partial charge in [0.15, 0.2) is 4.80 Å². The van der Waals surface area contributed by atoms with E-state index in [2.05, 4.69) is 16.0 Å². The lowest BCUT2D eigenvalue weighted by Crippen LogP contribution is -2.22. The first-order chi connectivity index (χ1) is 14.7. The highest BCUT2D eigenvalue weighted by atomic mass is 35.5. The van der Waals surface area contributed by atoms with E-state index in [9.17, 15) is 5.11 Å². The molecule has 30 heavy (non-hydrogen) atoms. The van der Waals surface area contributed by atoms with Gasteiger partial charge < -0.3 is 5.11 Å². The van der Waals surface area contributed by atoms with Gasteiger partial charge in [-0.3, -0.25) is 14.5 Å². The Bertz CT molecular complexity index is 1220. The lowest BCUT2D eigenvalue weighted by molar-refractivity contribution is 0.307. The number of halogens is 1. The molecule has 3 aromatic rings. The molecule has 0 radical (unpaired) electrons. The molecule has 3 heterocycles. The van der Waals surface area contributed by atoms with Crippen molar-refractivity contribution in [3.63, 3.8) is 0 Å². The van der Waals surface area contributed by atoms with Crippen molar-refractivity contribution in [3.8, 4) is 5.88 Å². The Labute approximate surface area is 183 Å². The second kappa shape index (κ2) is 8.20. The average molecular weight is 437 g/mol. The number of allylic oxidation sites excluding steroid dienone is 1. The fourth-order valence-electron chi connectivity index (χ4n) is 4.10. The van der Waals surface area contributed by atoms with Crippen molar-refractivity contribution in [1.29, 1.82) is 0 Å². The summed E-state index contributed by atoms with van der Waals surface area (Å²) in [5.41, 5.74) is 3.68. The van der Waals surface area contributed by atoms with Gasteiger partial charge in [0.2, 0.25) is 5.88 Å². The summed E-state index contributed by atoms with van der Waals surface area (Å²) in [4.78, 5) is 14.9. The van der Waals surface area contributed by atoms with E-state index in [-0.39, 0.29) is 11.9 Å². The summed E-state index contributed by atoms with van der Waals surface area (Å²) < 4.78 is 1.99. The number of nitrogens with zero attached hydrogens (tertiary/aromatic N) is 4. The molecule has 1 N–H and O–H groups in total. The van der Waals surface area contributed by atoms with Gasteiger partial charge in [0, 0.05) is 35.8 Å². The van der Waals surface area contributed by atoms with Crippen molar-refractivity contribution < 1.29 is 5.11 Å². The summed E-state index contributed by atoms with van der Waals surface area (Å²) in [6.45, 7) is 0. The number of hydrogen-bond donors (Lipinski definition) is 1. The summed E-state index contributed by atoms with van der Waals surface area (Å²) in [7, 11) is 0. The zero-order valence-corrected chi connectivity index (χ0v) is 17.9. The number of thiazole rings is 1.